The normalized spacial score (nSPS) is 32.0. The quantitative estimate of drug-likeness (QED) is 0.372. The van der Waals surface area contributed by atoms with Crippen LogP contribution in [0, 0.1) is 11.8 Å². The van der Waals surface area contributed by atoms with Gasteiger partial charge in [0.2, 0.25) is 0 Å². The number of halogens is 3. The average molecular weight is 245 g/mol. The Kier molecular flexibility index (Phi) is 7.30. The van der Waals surface area contributed by atoms with Crippen molar-refractivity contribution in [1.29, 1.82) is 0 Å². The lowest BCUT2D eigenvalue weighted by molar-refractivity contribution is -0.00100. The topological polar surface area (TPSA) is 0 Å². The minimum Gasteiger partial charge on any atom is -1.00 e. The summed E-state index contributed by atoms with van der Waals surface area (Å²) in [6.07, 6.45) is 9.19. The summed E-state index contributed by atoms with van der Waals surface area (Å²) in [7, 11) is 0. The predicted molar refractivity (Wildman–Crippen MR) is 30.0 cm³/mol. The molecule has 2 rings (SSSR count). The second kappa shape index (κ2) is 5.45. The highest BCUT2D eigenvalue weighted by molar-refractivity contribution is 5.06. The van der Waals surface area contributed by atoms with Crippen molar-refractivity contribution in [2.75, 3.05) is 0 Å². The van der Waals surface area contributed by atoms with E-state index in [2.05, 4.69) is 12.2 Å². The third-order valence-corrected chi connectivity index (χ3v) is 2.17. The van der Waals surface area contributed by atoms with E-state index in [0.29, 0.717) is 0 Å². The summed E-state index contributed by atoms with van der Waals surface area (Å²) in [5, 5.41) is 0. The molecule has 0 N–H and O–H groups in total. The van der Waals surface area contributed by atoms with Crippen LogP contribution < -0.4 is 41.8 Å². The SMILES string of the molecule is C1=CC2CCC1C2.[Br-].[Cl-].[Cl-]. The molecule has 1 fully saturated rings. The van der Waals surface area contributed by atoms with E-state index >= 15 is 0 Å². The van der Waals surface area contributed by atoms with Gasteiger partial charge in [-0.15, -0.1) is 0 Å². The molecule has 2 aliphatic carbocycles. The Labute approximate surface area is 85.0 Å². The third-order valence-electron chi connectivity index (χ3n) is 2.17. The monoisotopic (exact) mass is 243 g/mol. The van der Waals surface area contributed by atoms with Crippen LogP contribution in [-0.4, -0.2) is 0 Å². The first-order chi connectivity index (χ1) is 3.45. The molecule has 0 aromatic carbocycles. The zero-order chi connectivity index (χ0) is 4.69. The second-order valence-electron chi connectivity index (χ2n) is 2.72. The number of hydrogen-bond donors (Lipinski definition) is 0. The number of rotatable bonds is 0. The molecule has 2 bridgehead atoms. The lowest BCUT2D eigenvalue weighted by atomic mass is 10.1. The Hall–Kier alpha value is 0.800. The van der Waals surface area contributed by atoms with E-state index in [4.69, 9.17) is 0 Å². The minimum atomic E-state index is 0. The fraction of sp³-hybridized carbons (Fsp3) is 0.714. The van der Waals surface area contributed by atoms with Crippen LogP contribution in [0.2, 0.25) is 0 Å². The molecule has 0 heterocycles. The molecular weight excluding hydrogens is 235 g/mol. The van der Waals surface area contributed by atoms with Crippen LogP contribution >= 0.6 is 0 Å². The van der Waals surface area contributed by atoms with Crippen molar-refractivity contribution in [1.82, 2.24) is 0 Å². The molecule has 1 saturated carbocycles. The van der Waals surface area contributed by atoms with Crippen LogP contribution in [0.5, 0.6) is 0 Å². The Morgan fingerprint density at radius 1 is 0.900 bits per heavy atom. The van der Waals surface area contributed by atoms with E-state index in [-0.39, 0.29) is 41.8 Å². The van der Waals surface area contributed by atoms with Gasteiger partial charge in [0.15, 0.2) is 0 Å². The molecule has 0 aromatic rings. The van der Waals surface area contributed by atoms with Crippen molar-refractivity contribution in [3.05, 3.63) is 12.2 Å². The van der Waals surface area contributed by atoms with Crippen molar-refractivity contribution in [3.8, 4) is 0 Å². The Balaban J connectivity index is 0. The van der Waals surface area contributed by atoms with Gasteiger partial charge < -0.3 is 41.8 Å². The summed E-state index contributed by atoms with van der Waals surface area (Å²) in [4.78, 5) is 0. The molecular formula is C7H10BrCl2-3. The summed E-state index contributed by atoms with van der Waals surface area (Å²) < 4.78 is 0. The van der Waals surface area contributed by atoms with Crippen molar-refractivity contribution >= 4 is 0 Å². The fourth-order valence-corrected chi connectivity index (χ4v) is 1.72. The van der Waals surface area contributed by atoms with Crippen molar-refractivity contribution in [3.63, 3.8) is 0 Å². The molecule has 0 amide bonds. The molecule has 0 aliphatic heterocycles. The van der Waals surface area contributed by atoms with Crippen LogP contribution in [-0.2, 0) is 0 Å². The molecule has 10 heavy (non-hydrogen) atoms. The highest BCUT2D eigenvalue weighted by Crippen LogP contribution is 2.38. The highest BCUT2D eigenvalue weighted by atomic mass is 79.9. The van der Waals surface area contributed by atoms with Gasteiger partial charge in [-0.2, -0.15) is 0 Å². The second-order valence-corrected chi connectivity index (χ2v) is 2.72. The van der Waals surface area contributed by atoms with Crippen LogP contribution in [0.15, 0.2) is 12.2 Å². The first-order valence-electron chi connectivity index (χ1n) is 3.13. The van der Waals surface area contributed by atoms with E-state index in [1.54, 1.807) is 0 Å². The van der Waals surface area contributed by atoms with Gasteiger partial charge in [0, 0.05) is 0 Å². The predicted octanol–water partition coefficient (Wildman–Crippen LogP) is -7.02. The molecule has 0 nitrogen and oxygen atoms in total. The molecule has 62 valence electrons. The molecule has 2 aliphatic rings. The largest absolute Gasteiger partial charge is 1.00 e. The summed E-state index contributed by atoms with van der Waals surface area (Å²) in [5.74, 6) is 1.98. The minimum absolute atomic E-state index is 0. The highest BCUT2D eigenvalue weighted by Gasteiger charge is 2.25. The Bertz CT molecular complexity index is 102. The first-order valence-corrected chi connectivity index (χ1v) is 3.13. The van der Waals surface area contributed by atoms with Crippen molar-refractivity contribution < 1.29 is 41.8 Å². The summed E-state index contributed by atoms with van der Waals surface area (Å²) >= 11 is 0. The van der Waals surface area contributed by atoms with Crippen LogP contribution in [0.4, 0.5) is 0 Å². The number of fused-ring (bicyclic) bond motifs is 2. The maximum atomic E-state index is 2.38. The zero-order valence-electron chi connectivity index (χ0n) is 5.56. The van der Waals surface area contributed by atoms with Gasteiger partial charge in [-0.05, 0) is 31.1 Å². The lowest BCUT2D eigenvalue weighted by Crippen LogP contribution is -3.00. The lowest BCUT2D eigenvalue weighted by Gasteiger charge is -1.96. The van der Waals surface area contributed by atoms with E-state index in [0.717, 1.165) is 11.8 Å². The van der Waals surface area contributed by atoms with E-state index in [1.807, 2.05) is 0 Å². The molecule has 0 radical (unpaired) electrons. The van der Waals surface area contributed by atoms with Gasteiger partial charge in [0.1, 0.15) is 0 Å². The molecule has 0 aromatic heterocycles. The molecule has 0 spiro atoms. The average Bonchev–Trinajstić information content (AvgIpc) is 2.22. The van der Waals surface area contributed by atoms with E-state index < -0.39 is 0 Å². The zero-order valence-corrected chi connectivity index (χ0v) is 8.66. The molecule has 2 atom stereocenters. The van der Waals surface area contributed by atoms with Gasteiger partial charge in [-0.25, -0.2) is 0 Å². The van der Waals surface area contributed by atoms with E-state index in [1.165, 1.54) is 19.3 Å². The van der Waals surface area contributed by atoms with Crippen molar-refractivity contribution in [2.24, 2.45) is 11.8 Å². The van der Waals surface area contributed by atoms with Crippen LogP contribution in [0.1, 0.15) is 19.3 Å². The van der Waals surface area contributed by atoms with E-state index in [9.17, 15) is 0 Å². The summed E-state index contributed by atoms with van der Waals surface area (Å²) in [5.41, 5.74) is 0. The van der Waals surface area contributed by atoms with Gasteiger partial charge >= 0.3 is 0 Å². The number of hydrogen-bond acceptors (Lipinski definition) is 0. The number of allylic oxidation sites excluding steroid dienone is 2. The molecule has 2 unspecified atom stereocenters. The Morgan fingerprint density at radius 3 is 1.40 bits per heavy atom. The fourth-order valence-electron chi connectivity index (χ4n) is 1.72. The van der Waals surface area contributed by atoms with Crippen LogP contribution in [0.25, 0.3) is 0 Å². The smallest absolute Gasteiger partial charge is 0.0228 e. The third kappa shape index (κ3) is 2.44. The summed E-state index contributed by atoms with van der Waals surface area (Å²) in [6.45, 7) is 0. The first kappa shape index (κ1) is 13.4. The molecule has 0 saturated heterocycles. The van der Waals surface area contributed by atoms with Crippen molar-refractivity contribution in [2.45, 2.75) is 19.3 Å². The van der Waals surface area contributed by atoms with Gasteiger partial charge in [0.05, 0.1) is 0 Å². The maximum absolute atomic E-state index is 2.38. The summed E-state index contributed by atoms with van der Waals surface area (Å²) in [6, 6.07) is 0. The molecule has 3 heteroatoms. The van der Waals surface area contributed by atoms with Gasteiger partial charge in [0.25, 0.3) is 0 Å². The maximum Gasteiger partial charge on any atom is -0.0228 e. The standard InChI is InChI=1S/C7H10.BrH.2ClH/c1-2-7-4-3-6(1)5-7;;;/h1-2,6-7H,3-5H2;3*1H/p-3. The van der Waals surface area contributed by atoms with Crippen LogP contribution in [0.3, 0.4) is 0 Å². The van der Waals surface area contributed by atoms with Gasteiger partial charge in [-0.3, -0.25) is 0 Å². The van der Waals surface area contributed by atoms with Gasteiger partial charge in [-0.1, -0.05) is 12.2 Å². The Morgan fingerprint density at radius 2 is 1.30 bits per heavy atom.